The van der Waals surface area contributed by atoms with E-state index in [1.807, 2.05) is 37.3 Å². The molecule has 0 saturated carbocycles. The fourth-order valence-electron chi connectivity index (χ4n) is 2.27. The van der Waals surface area contributed by atoms with Gasteiger partial charge in [0, 0.05) is 6.54 Å². The van der Waals surface area contributed by atoms with E-state index in [9.17, 15) is 4.79 Å². The number of carbonyl (C=O) groups is 1. The van der Waals surface area contributed by atoms with Crippen molar-refractivity contribution < 1.29 is 14.3 Å². The van der Waals surface area contributed by atoms with Crippen molar-refractivity contribution >= 4 is 5.97 Å². The predicted molar refractivity (Wildman–Crippen MR) is 87.3 cm³/mol. The summed E-state index contributed by atoms with van der Waals surface area (Å²) < 4.78 is 13.7. The summed E-state index contributed by atoms with van der Waals surface area (Å²) in [7, 11) is 1.48. The van der Waals surface area contributed by atoms with Crippen LogP contribution in [0.25, 0.3) is 5.69 Å². The SMILES string of the molecule is CCCn1nnnc1COC(=O)c1nn(-c2ccccc2)cc1OC. The number of ether oxygens (including phenoxy) is 2. The number of rotatable bonds is 7. The smallest absolute Gasteiger partial charge is 0.363 e. The van der Waals surface area contributed by atoms with Crippen molar-refractivity contribution in [2.45, 2.75) is 26.5 Å². The van der Waals surface area contributed by atoms with Gasteiger partial charge >= 0.3 is 5.97 Å². The average molecular weight is 342 g/mol. The van der Waals surface area contributed by atoms with Crippen LogP contribution < -0.4 is 4.74 Å². The molecule has 0 saturated heterocycles. The van der Waals surface area contributed by atoms with Crippen LogP contribution in [0.15, 0.2) is 36.5 Å². The highest BCUT2D eigenvalue weighted by atomic mass is 16.5. The minimum atomic E-state index is -0.599. The highest BCUT2D eigenvalue weighted by Gasteiger charge is 2.21. The Morgan fingerprint density at radius 2 is 2.04 bits per heavy atom. The highest BCUT2D eigenvalue weighted by Crippen LogP contribution is 2.20. The molecule has 3 rings (SSSR count). The van der Waals surface area contributed by atoms with E-state index in [1.165, 1.54) is 7.11 Å². The molecule has 0 atom stereocenters. The molecule has 0 aliphatic carbocycles. The molecule has 25 heavy (non-hydrogen) atoms. The van der Waals surface area contributed by atoms with Crippen molar-refractivity contribution in [1.82, 2.24) is 30.0 Å². The van der Waals surface area contributed by atoms with Gasteiger partial charge in [-0.3, -0.25) is 0 Å². The molecule has 0 spiro atoms. The minimum Gasteiger partial charge on any atom is -0.493 e. The van der Waals surface area contributed by atoms with Gasteiger partial charge in [-0.15, -0.1) is 5.10 Å². The maximum absolute atomic E-state index is 12.4. The summed E-state index contributed by atoms with van der Waals surface area (Å²) in [4.78, 5) is 12.4. The second-order valence-corrected chi connectivity index (χ2v) is 5.22. The Balaban J connectivity index is 1.75. The van der Waals surface area contributed by atoms with Crippen molar-refractivity contribution in [3.05, 3.63) is 48.0 Å². The lowest BCUT2D eigenvalue weighted by Gasteiger charge is -2.04. The molecule has 0 radical (unpaired) electrons. The van der Waals surface area contributed by atoms with Gasteiger partial charge in [0.25, 0.3) is 0 Å². The summed E-state index contributed by atoms with van der Waals surface area (Å²) in [5, 5.41) is 15.6. The fraction of sp³-hybridized carbons (Fsp3) is 0.312. The van der Waals surface area contributed by atoms with E-state index in [1.54, 1.807) is 15.6 Å². The lowest BCUT2D eigenvalue weighted by molar-refractivity contribution is 0.0445. The summed E-state index contributed by atoms with van der Waals surface area (Å²) in [5.74, 6) is 0.219. The molecule has 3 aromatic rings. The molecular formula is C16H18N6O3. The van der Waals surface area contributed by atoms with Crippen LogP contribution in [0, 0.1) is 0 Å². The summed E-state index contributed by atoms with van der Waals surface area (Å²) in [6.07, 6.45) is 2.51. The topological polar surface area (TPSA) is 97.0 Å². The largest absolute Gasteiger partial charge is 0.493 e. The molecule has 0 bridgehead atoms. The highest BCUT2D eigenvalue weighted by molar-refractivity contribution is 5.90. The van der Waals surface area contributed by atoms with Gasteiger partial charge in [0.2, 0.25) is 5.69 Å². The van der Waals surface area contributed by atoms with Gasteiger partial charge in [-0.25, -0.2) is 14.2 Å². The Bertz CT molecular complexity index is 843. The molecule has 1 aromatic carbocycles. The number of para-hydroxylation sites is 1. The lowest BCUT2D eigenvalue weighted by Crippen LogP contribution is -2.12. The number of tetrazole rings is 1. The molecule has 0 N–H and O–H groups in total. The van der Waals surface area contributed by atoms with E-state index in [2.05, 4.69) is 20.6 Å². The van der Waals surface area contributed by atoms with Gasteiger partial charge < -0.3 is 9.47 Å². The van der Waals surface area contributed by atoms with E-state index < -0.39 is 5.97 Å². The third-order valence-electron chi connectivity index (χ3n) is 3.49. The van der Waals surface area contributed by atoms with E-state index in [0.717, 1.165) is 12.1 Å². The summed E-state index contributed by atoms with van der Waals surface area (Å²) in [6, 6.07) is 9.42. The van der Waals surface area contributed by atoms with Gasteiger partial charge in [-0.1, -0.05) is 25.1 Å². The normalized spacial score (nSPS) is 10.6. The van der Waals surface area contributed by atoms with Crippen LogP contribution in [-0.2, 0) is 17.9 Å². The van der Waals surface area contributed by atoms with Crippen LogP contribution in [0.3, 0.4) is 0 Å². The van der Waals surface area contributed by atoms with E-state index >= 15 is 0 Å². The predicted octanol–water partition coefficient (Wildman–Crippen LogP) is 1.63. The van der Waals surface area contributed by atoms with Crippen molar-refractivity contribution in [3.8, 4) is 11.4 Å². The first-order chi connectivity index (χ1) is 12.2. The Hall–Kier alpha value is -3.23. The molecule has 0 unspecified atom stereocenters. The maximum atomic E-state index is 12.4. The first-order valence-corrected chi connectivity index (χ1v) is 7.84. The molecule has 9 nitrogen and oxygen atoms in total. The van der Waals surface area contributed by atoms with Crippen LogP contribution >= 0.6 is 0 Å². The minimum absolute atomic E-state index is 0.0345. The van der Waals surface area contributed by atoms with Crippen molar-refractivity contribution in [2.75, 3.05) is 7.11 Å². The molecule has 130 valence electrons. The molecule has 0 aliphatic heterocycles. The van der Waals surface area contributed by atoms with E-state index in [-0.39, 0.29) is 12.3 Å². The first-order valence-electron chi connectivity index (χ1n) is 7.84. The zero-order valence-corrected chi connectivity index (χ0v) is 14.0. The number of esters is 1. The zero-order valence-electron chi connectivity index (χ0n) is 14.0. The van der Waals surface area contributed by atoms with E-state index in [4.69, 9.17) is 9.47 Å². The summed E-state index contributed by atoms with van der Waals surface area (Å²) in [5.41, 5.74) is 0.910. The second-order valence-electron chi connectivity index (χ2n) is 5.22. The quantitative estimate of drug-likeness (QED) is 0.602. The molecule has 0 aliphatic rings. The Kier molecular flexibility index (Phi) is 5.03. The zero-order chi connectivity index (χ0) is 17.6. The van der Waals surface area contributed by atoms with Gasteiger partial charge in [-0.05, 0) is 29.0 Å². The van der Waals surface area contributed by atoms with Crippen LogP contribution in [0.1, 0.15) is 29.7 Å². The monoisotopic (exact) mass is 342 g/mol. The molecular weight excluding hydrogens is 324 g/mol. The van der Waals surface area contributed by atoms with Gasteiger partial charge in [0.1, 0.15) is 0 Å². The summed E-state index contributed by atoms with van der Waals surface area (Å²) in [6.45, 7) is 2.64. The fourth-order valence-corrected chi connectivity index (χ4v) is 2.27. The Morgan fingerprint density at radius 3 is 2.76 bits per heavy atom. The number of hydrogen-bond donors (Lipinski definition) is 0. The number of hydrogen-bond acceptors (Lipinski definition) is 7. The van der Waals surface area contributed by atoms with Gasteiger partial charge in [0.15, 0.2) is 18.2 Å². The van der Waals surface area contributed by atoms with Crippen LogP contribution in [0.5, 0.6) is 5.75 Å². The lowest BCUT2D eigenvalue weighted by atomic mass is 10.3. The Morgan fingerprint density at radius 1 is 1.24 bits per heavy atom. The number of carbonyl (C=O) groups excluding carboxylic acids is 1. The number of aromatic nitrogens is 6. The molecule has 2 heterocycles. The second kappa shape index (κ2) is 7.56. The van der Waals surface area contributed by atoms with Crippen molar-refractivity contribution in [2.24, 2.45) is 0 Å². The first kappa shape index (κ1) is 16.6. The maximum Gasteiger partial charge on any atom is 0.363 e. The Labute approximate surface area is 144 Å². The summed E-state index contributed by atoms with van der Waals surface area (Å²) >= 11 is 0. The number of benzene rings is 1. The standard InChI is InChI=1S/C16H18N6O3/c1-3-9-21-14(17-19-20-21)11-25-16(23)15-13(24-2)10-22(18-15)12-7-5-4-6-8-12/h4-8,10H,3,9,11H2,1-2H3. The average Bonchev–Trinajstić information content (AvgIpc) is 3.27. The van der Waals surface area contributed by atoms with Gasteiger partial charge in [-0.2, -0.15) is 5.10 Å². The third-order valence-corrected chi connectivity index (χ3v) is 3.49. The van der Waals surface area contributed by atoms with Crippen molar-refractivity contribution in [1.29, 1.82) is 0 Å². The van der Waals surface area contributed by atoms with Crippen LogP contribution in [0.4, 0.5) is 0 Å². The third kappa shape index (κ3) is 3.65. The molecule has 2 aromatic heterocycles. The molecule has 0 fully saturated rings. The molecule has 0 amide bonds. The van der Waals surface area contributed by atoms with Gasteiger partial charge in [0.05, 0.1) is 19.0 Å². The van der Waals surface area contributed by atoms with E-state index in [0.29, 0.717) is 18.1 Å². The number of aryl methyl sites for hydroxylation is 1. The van der Waals surface area contributed by atoms with Crippen LogP contribution in [0.2, 0.25) is 0 Å². The number of nitrogens with zero attached hydrogens (tertiary/aromatic N) is 6. The van der Waals surface area contributed by atoms with Crippen molar-refractivity contribution in [3.63, 3.8) is 0 Å². The number of methoxy groups -OCH3 is 1. The van der Waals surface area contributed by atoms with Crippen LogP contribution in [-0.4, -0.2) is 43.1 Å². The molecule has 9 heteroatoms.